The van der Waals surface area contributed by atoms with Crippen molar-refractivity contribution in [2.45, 2.75) is 25.2 Å². The smallest absolute Gasteiger partial charge is 0.205 e. The van der Waals surface area contributed by atoms with E-state index in [1.165, 1.54) is 0 Å². The Balaban J connectivity index is 2.18. The van der Waals surface area contributed by atoms with Crippen LogP contribution in [0.25, 0.3) is 0 Å². The highest BCUT2D eigenvalue weighted by Gasteiger charge is 2.38. The molecule has 1 aromatic heterocycles. The summed E-state index contributed by atoms with van der Waals surface area (Å²) in [7, 11) is 0. The maximum Gasteiger partial charge on any atom is 0.205 e. The van der Waals surface area contributed by atoms with Crippen molar-refractivity contribution in [2.24, 2.45) is 5.73 Å². The Hall–Kier alpha value is -2.61. The zero-order valence-electron chi connectivity index (χ0n) is 10.8. The molecule has 20 heavy (non-hydrogen) atoms. The number of nitrogens with zero attached hydrogens (tertiary/aromatic N) is 1. The van der Waals surface area contributed by atoms with E-state index in [4.69, 9.17) is 10.5 Å². The molecule has 0 radical (unpaired) electrons. The number of ether oxygens (including phenoxy) is 1. The lowest BCUT2D eigenvalue weighted by Gasteiger charge is -2.30. The van der Waals surface area contributed by atoms with E-state index in [1.54, 1.807) is 12.4 Å². The third-order valence-electron chi connectivity index (χ3n) is 3.68. The third kappa shape index (κ3) is 1.86. The number of Topliss-reactive ketones (excluding diaryl/α,β-unsaturated/α-hetero) is 1. The maximum absolute atomic E-state index is 12.3. The molecular formula is C15H14N3O2+. The molecule has 5 heteroatoms. The summed E-state index contributed by atoms with van der Waals surface area (Å²) in [6, 6.07) is 5.80. The quantitative estimate of drug-likeness (QED) is 0.831. The highest BCUT2D eigenvalue weighted by atomic mass is 16.5. The first kappa shape index (κ1) is 12.4. The van der Waals surface area contributed by atoms with Crippen molar-refractivity contribution in [3.05, 3.63) is 52.9 Å². The summed E-state index contributed by atoms with van der Waals surface area (Å²) >= 11 is 0. The normalized spacial score (nSPS) is 22.1. The number of nitriles is 1. The predicted octanol–water partition coefficient (Wildman–Crippen LogP) is 1.32. The maximum atomic E-state index is 12.3. The van der Waals surface area contributed by atoms with Gasteiger partial charge in [-0.05, 0) is 12.0 Å². The van der Waals surface area contributed by atoms with Crippen LogP contribution in [-0.4, -0.2) is 5.78 Å². The summed E-state index contributed by atoms with van der Waals surface area (Å²) in [4.78, 5) is 15.2. The Morgan fingerprint density at radius 3 is 2.80 bits per heavy atom. The van der Waals surface area contributed by atoms with Gasteiger partial charge in [0, 0.05) is 30.5 Å². The highest BCUT2D eigenvalue weighted by molar-refractivity contribution is 5.99. The lowest BCUT2D eigenvalue weighted by Crippen LogP contribution is -2.27. The van der Waals surface area contributed by atoms with E-state index in [1.807, 2.05) is 12.1 Å². The molecule has 5 nitrogen and oxygen atoms in total. The first-order valence-corrected chi connectivity index (χ1v) is 6.52. The number of aromatic nitrogens is 1. The number of aromatic amines is 1. The molecule has 0 saturated carbocycles. The number of allylic oxidation sites excluding steroid dienone is 3. The molecule has 0 aromatic carbocycles. The fraction of sp³-hybridized carbons (Fsp3) is 0.267. The zero-order valence-corrected chi connectivity index (χ0v) is 10.8. The Bertz CT molecular complexity index is 668. The molecule has 1 atom stereocenters. The van der Waals surface area contributed by atoms with Crippen molar-refractivity contribution >= 4 is 5.78 Å². The van der Waals surface area contributed by atoms with Gasteiger partial charge in [-0.25, -0.2) is 4.98 Å². The fourth-order valence-electron chi connectivity index (χ4n) is 2.78. The number of nitrogens with one attached hydrogen (secondary N) is 1. The molecule has 0 spiro atoms. The molecule has 0 bridgehead atoms. The lowest BCUT2D eigenvalue weighted by molar-refractivity contribution is -0.378. The minimum atomic E-state index is -0.411. The SMILES string of the molecule is N#CC1=C(N)OC2=C(C(=O)CCC2)C1c1cc[nH+]cc1. The van der Waals surface area contributed by atoms with E-state index < -0.39 is 5.92 Å². The molecule has 2 aliphatic rings. The monoisotopic (exact) mass is 268 g/mol. The first-order valence-electron chi connectivity index (χ1n) is 6.52. The Labute approximate surface area is 116 Å². The molecule has 0 amide bonds. The van der Waals surface area contributed by atoms with Crippen molar-refractivity contribution in [2.75, 3.05) is 0 Å². The minimum absolute atomic E-state index is 0.0457. The lowest BCUT2D eigenvalue weighted by atomic mass is 9.78. The second kappa shape index (κ2) is 4.82. The van der Waals surface area contributed by atoms with Gasteiger partial charge < -0.3 is 10.5 Å². The van der Waals surface area contributed by atoms with Gasteiger partial charge in [0.2, 0.25) is 5.88 Å². The van der Waals surface area contributed by atoms with E-state index in [-0.39, 0.29) is 11.7 Å². The summed E-state index contributed by atoms with van der Waals surface area (Å²) in [5.74, 6) is 0.366. The number of nitrogens with two attached hydrogens (primary N) is 1. The summed E-state index contributed by atoms with van der Waals surface area (Å²) in [6.45, 7) is 0. The van der Waals surface area contributed by atoms with Crippen molar-refractivity contribution in [1.82, 2.24) is 0 Å². The second-order valence-electron chi connectivity index (χ2n) is 4.87. The van der Waals surface area contributed by atoms with Gasteiger partial charge >= 0.3 is 0 Å². The van der Waals surface area contributed by atoms with E-state index in [2.05, 4.69) is 11.1 Å². The molecule has 1 aliphatic carbocycles. The van der Waals surface area contributed by atoms with E-state index in [0.717, 1.165) is 12.0 Å². The van der Waals surface area contributed by atoms with E-state index in [9.17, 15) is 10.1 Å². The average molecular weight is 268 g/mol. The van der Waals surface area contributed by atoms with Gasteiger partial charge in [-0.2, -0.15) is 5.26 Å². The van der Waals surface area contributed by atoms with Crippen LogP contribution < -0.4 is 10.7 Å². The molecule has 1 aliphatic heterocycles. The molecule has 2 heterocycles. The number of hydrogen-bond donors (Lipinski definition) is 1. The van der Waals surface area contributed by atoms with Crippen LogP contribution in [-0.2, 0) is 9.53 Å². The Morgan fingerprint density at radius 2 is 2.10 bits per heavy atom. The van der Waals surface area contributed by atoms with Gasteiger partial charge in [0.1, 0.15) is 17.4 Å². The molecular weight excluding hydrogens is 254 g/mol. The number of rotatable bonds is 1. The van der Waals surface area contributed by atoms with Crippen LogP contribution in [0.3, 0.4) is 0 Å². The van der Waals surface area contributed by atoms with E-state index in [0.29, 0.717) is 29.7 Å². The van der Waals surface area contributed by atoms with Gasteiger partial charge in [-0.3, -0.25) is 4.79 Å². The topological polar surface area (TPSA) is 90.3 Å². The van der Waals surface area contributed by atoms with Crippen LogP contribution in [0.1, 0.15) is 30.7 Å². The fourth-order valence-corrected chi connectivity index (χ4v) is 2.78. The number of ketones is 1. The van der Waals surface area contributed by atoms with Gasteiger partial charge in [0.05, 0.1) is 5.92 Å². The number of carbonyl (C=O) groups is 1. The largest absolute Gasteiger partial charge is 0.444 e. The Kier molecular flexibility index (Phi) is 2.99. The number of hydrogen-bond acceptors (Lipinski definition) is 4. The number of H-pyrrole nitrogens is 1. The molecule has 0 fully saturated rings. The molecule has 0 saturated heterocycles. The standard InChI is InChI=1S/C15H13N3O2/c16-8-10-13(9-4-6-18-7-5-9)14-11(19)2-1-3-12(14)20-15(10)17/h4-7,13H,1-3,17H2/p+1. The predicted molar refractivity (Wildman–Crippen MR) is 69.5 cm³/mol. The molecule has 1 unspecified atom stereocenters. The van der Waals surface area contributed by atoms with Crippen LogP contribution in [0.4, 0.5) is 0 Å². The van der Waals surface area contributed by atoms with Gasteiger partial charge in [-0.1, -0.05) is 0 Å². The number of carbonyl (C=O) groups excluding carboxylic acids is 1. The van der Waals surface area contributed by atoms with Crippen LogP contribution in [0.5, 0.6) is 0 Å². The average Bonchev–Trinajstić information content (AvgIpc) is 2.47. The molecule has 1 aromatic rings. The summed E-state index contributed by atoms with van der Waals surface area (Å²) in [6.07, 6.45) is 5.49. The van der Waals surface area contributed by atoms with Crippen molar-refractivity contribution < 1.29 is 14.5 Å². The van der Waals surface area contributed by atoms with Gasteiger partial charge in [0.15, 0.2) is 18.2 Å². The summed E-state index contributed by atoms with van der Waals surface area (Å²) in [5.41, 5.74) is 7.62. The first-order chi connectivity index (χ1) is 9.72. The van der Waals surface area contributed by atoms with Crippen LogP contribution in [0, 0.1) is 11.3 Å². The van der Waals surface area contributed by atoms with Crippen molar-refractivity contribution in [3.8, 4) is 6.07 Å². The number of pyridine rings is 1. The summed E-state index contributed by atoms with van der Waals surface area (Å²) in [5, 5.41) is 9.36. The zero-order chi connectivity index (χ0) is 14.1. The third-order valence-corrected chi connectivity index (χ3v) is 3.68. The molecule has 100 valence electrons. The van der Waals surface area contributed by atoms with Gasteiger partial charge in [-0.15, -0.1) is 0 Å². The van der Waals surface area contributed by atoms with E-state index >= 15 is 0 Å². The minimum Gasteiger partial charge on any atom is -0.444 e. The summed E-state index contributed by atoms with van der Waals surface area (Å²) < 4.78 is 5.50. The molecule has 3 rings (SSSR count). The van der Waals surface area contributed by atoms with Crippen LogP contribution >= 0.6 is 0 Å². The van der Waals surface area contributed by atoms with Crippen LogP contribution in [0.15, 0.2) is 47.3 Å². The Morgan fingerprint density at radius 1 is 1.35 bits per heavy atom. The van der Waals surface area contributed by atoms with Gasteiger partial charge in [0.25, 0.3) is 0 Å². The van der Waals surface area contributed by atoms with Crippen molar-refractivity contribution in [1.29, 1.82) is 5.26 Å². The van der Waals surface area contributed by atoms with Crippen molar-refractivity contribution in [3.63, 3.8) is 0 Å². The molecule has 3 N–H and O–H groups in total. The highest BCUT2D eigenvalue weighted by Crippen LogP contribution is 2.42. The second-order valence-corrected chi connectivity index (χ2v) is 4.87. The van der Waals surface area contributed by atoms with Crippen LogP contribution in [0.2, 0.25) is 0 Å².